The lowest BCUT2D eigenvalue weighted by Gasteiger charge is -2.17. The maximum Gasteiger partial charge on any atom is 0.125 e. The zero-order chi connectivity index (χ0) is 10.8. The second-order valence-corrected chi connectivity index (χ2v) is 4.13. The van der Waals surface area contributed by atoms with Gasteiger partial charge in [0.2, 0.25) is 0 Å². The van der Waals surface area contributed by atoms with Gasteiger partial charge >= 0.3 is 0 Å². The Kier molecular flexibility index (Phi) is 2.91. The van der Waals surface area contributed by atoms with Gasteiger partial charge in [0, 0.05) is 12.3 Å². The Morgan fingerprint density at radius 2 is 2.20 bits per heavy atom. The van der Waals surface area contributed by atoms with E-state index in [1.807, 2.05) is 19.9 Å². The van der Waals surface area contributed by atoms with Crippen LogP contribution in [0.4, 0.5) is 10.1 Å². The summed E-state index contributed by atoms with van der Waals surface area (Å²) in [4.78, 5) is 0. The van der Waals surface area contributed by atoms with Gasteiger partial charge < -0.3 is 10.1 Å². The third-order valence-corrected chi connectivity index (χ3v) is 2.77. The second-order valence-electron chi connectivity index (χ2n) is 4.13. The third kappa shape index (κ3) is 2.48. The van der Waals surface area contributed by atoms with E-state index >= 15 is 0 Å². The first-order valence-electron chi connectivity index (χ1n) is 5.30. The van der Waals surface area contributed by atoms with Crippen molar-refractivity contribution in [1.29, 1.82) is 0 Å². The molecular formula is C12H16FNO. The molecule has 0 amide bonds. The Labute approximate surface area is 89.4 Å². The lowest BCUT2D eigenvalue weighted by Crippen LogP contribution is -2.26. The molecule has 0 radical (unpaired) electrons. The molecule has 2 atom stereocenters. The average Bonchev–Trinajstić information content (AvgIpc) is 2.50. The molecule has 1 saturated heterocycles. The molecule has 0 spiro atoms. The van der Waals surface area contributed by atoms with Crippen LogP contribution in [0.1, 0.15) is 18.9 Å². The molecule has 3 heteroatoms. The molecule has 15 heavy (non-hydrogen) atoms. The van der Waals surface area contributed by atoms with Gasteiger partial charge in [0.15, 0.2) is 0 Å². The van der Waals surface area contributed by atoms with Crippen LogP contribution in [0, 0.1) is 12.7 Å². The molecule has 0 saturated carbocycles. The SMILES string of the molecule is Cc1cc(F)cc(N[C@@H]2CCO[C@H]2C)c1. The normalized spacial score (nSPS) is 25.5. The van der Waals surface area contributed by atoms with Crippen molar-refractivity contribution in [2.24, 2.45) is 0 Å². The van der Waals surface area contributed by atoms with Gasteiger partial charge in [-0.3, -0.25) is 0 Å². The molecule has 1 aromatic carbocycles. The van der Waals surface area contributed by atoms with Crippen LogP contribution in [0.25, 0.3) is 0 Å². The minimum Gasteiger partial charge on any atom is -0.380 e. The van der Waals surface area contributed by atoms with Gasteiger partial charge in [-0.2, -0.15) is 0 Å². The number of nitrogens with one attached hydrogen (secondary N) is 1. The molecule has 1 N–H and O–H groups in total. The highest BCUT2D eigenvalue weighted by molar-refractivity contribution is 5.47. The fourth-order valence-electron chi connectivity index (χ4n) is 1.96. The molecule has 0 aromatic heterocycles. The molecular weight excluding hydrogens is 193 g/mol. The third-order valence-electron chi connectivity index (χ3n) is 2.77. The van der Waals surface area contributed by atoms with E-state index in [1.165, 1.54) is 12.1 Å². The van der Waals surface area contributed by atoms with Crippen molar-refractivity contribution in [3.8, 4) is 0 Å². The number of hydrogen-bond acceptors (Lipinski definition) is 2. The van der Waals surface area contributed by atoms with Crippen LogP contribution in [0.5, 0.6) is 0 Å². The Morgan fingerprint density at radius 1 is 1.40 bits per heavy atom. The van der Waals surface area contributed by atoms with Crippen LogP contribution in [-0.4, -0.2) is 18.8 Å². The molecule has 0 aliphatic carbocycles. The van der Waals surface area contributed by atoms with Gasteiger partial charge in [-0.05, 0) is 44.0 Å². The predicted octanol–water partition coefficient (Wildman–Crippen LogP) is 2.72. The fraction of sp³-hybridized carbons (Fsp3) is 0.500. The van der Waals surface area contributed by atoms with Crippen molar-refractivity contribution in [2.45, 2.75) is 32.4 Å². The smallest absolute Gasteiger partial charge is 0.125 e. The topological polar surface area (TPSA) is 21.3 Å². The first-order chi connectivity index (χ1) is 7.15. The van der Waals surface area contributed by atoms with Crippen LogP contribution in [0.15, 0.2) is 18.2 Å². The Hall–Kier alpha value is -1.09. The molecule has 82 valence electrons. The molecule has 1 heterocycles. The van der Waals surface area contributed by atoms with Gasteiger partial charge in [-0.1, -0.05) is 0 Å². The molecule has 2 rings (SSSR count). The number of halogens is 1. The van der Waals surface area contributed by atoms with Crippen molar-refractivity contribution in [1.82, 2.24) is 0 Å². The molecule has 1 fully saturated rings. The molecule has 0 unspecified atom stereocenters. The summed E-state index contributed by atoms with van der Waals surface area (Å²) in [6.45, 7) is 4.72. The van der Waals surface area contributed by atoms with Gasteiger partial charge in [0.1, 0.15) is 5.82 Å². The highest BCUT2D eigenvalue weighted by Crippen LogP contribution is 2.20. The minimum absolute atomic E-state index is 0.191. The first kappa shape index (κ1) is 10.4. The predicted molar refractivity (Wildman–Crippen MR) is 58.6 cm³/mol. The first-order valence-corrected chi connectivity index (χ1v) is 5.30. The van der Waals surface area contributed by atoms with E-state index in [0.717, 1.165) is 24.3 Å². The summed E-state index contributed by atoms with van der Waals surface area (Å²) in [6.07, 6.45) is 1.19. The maximum absolute atomic E-state index is 13.1. The number of aryl methyl sites for hydroxylation is 1. The molecule has 1 aromatic rings. The van der Waals surface area contributed by atoms with Crippen molar-refractivity contribution >= 4 is 5.69 Å². The zero-order valence-electron chi connectivity index (χ0n) is 9.09. The lowest BCUT2D eigenvalue weighted by molar-refractivity contribution is 0.121. The van der Waals surface area contributed by atoms with Gasteiger partial charge in [0.05, 0.1) is 12.1 Å². The van der Waals surface area contributed by atoms with E-state index in [0.29, 0.717) is 6.04 Å². The Bertz CT molecular complexity index is 333. The number of rotatable bonds is 2. The van der Waals surface area contributed by atoms with Crippen molar-refractivity contribution in [3.63, 3.8) is 0 Å². The van der Waals surface area contributed by atoms with E-state index < -0.39 is 0 Å². The largest absolute Gasteiger partial charge is 0.380 e. The summed E-state index contributed by atoms with van der Waals surface area (Å²) in [5.41, 5.74) is 1.78. The quantitative estimate of drug-likeness (QED) is 0.808. The highest BCUT2D eigenvalue weighted by atomic mass is 19.1. The van der Waals surface area contributed by atoms with E-state index in [4.69, 9.17) is 4.74 Å². The van der Waals surface area contributed by atoms with Crippen LogP contribution in [0.3, 0.4) is 0 Å². The zero-order valence-corrected chi connectivity index (χ0v) is 9.09. The molecule has 0 bridgehead atoms. The maximum atomic E-state index is 13.1. The van der Waals surface area contributed by atoms with Crippen molar-refractivity contribution < 1.29 is 9.13 Å². The van der Waals surface area contributed by atoms with Gasteiger partial charge in [0.25, 0.3) is 0 Å². The van der Waals surface area contributed by atoms with E-state index in [9.17, 15) is 4.39 Å². The lowest BCUT2D eigenvalue weighted by atomic mass is 10.1. The standard InChI is InChI=1S/C12H16FNO/c1-8-5-10(13)7-11(6-8)14-12-3-4-15-9(12)2/h5-7,9,12,14H,3-4H2,1-2H3/t9-,12+/m0/s1. The van der Waals surface area contributed by atoms with E-state index in [-0.39, 0.29) is 11.9 Å². The second kappa shape index (κ2) is 4.19. The van der Waals surface area contributed by atoms with Crippen LogP contribution in [-0.2, 0) is 4.74 Å². The highest BCUT2D eigenvalue weighted by Gasteiger charge is 2.23. The Morgan fingerprint density at radius 3 is 2.80 bits per heavy atom. The van der Waals surface area contributed by atoms with Crippen LogP contribution >= 0.6 is 0 Å². The molecule has 1 aliphatic heterocycles. The number of benzene rings is 1. The van der Waals surface area contributed by atoms with Crippen molar-refractivity contribution in [2.75, 3.05) is 11.9 Å². The van der Waals surface area contributed by atoms with E-state index in [1.54, 1.807) is 0 Å². The minimum atomic E-state index is -0.191. The van der Waals surface area contributed by atoms with Crippen LogP contribution in [0.2, 0.25) is 0 Å². The summed E-state index contributed by atoms with van der Waals surface area (Å²) in [5, 5.41) is 3.31. The van der Waals surface area contributed by atoms with Crippen LogP contribution < -0.4 is 5.32 Å². The summed E-state index contributed by atoms with van der Waals surface area (Å²) in [7, 11) is 0. The fourth-order valence-corrected chi connectivity index (χ4v) is 1.96. The molecule has 2 nitrogen and oxygen atoms in total. The van der Waals surface area contributed by atoms with Gasteiger partial charge in [-0.15, -0.1) is 0 Å². The number of ether oxygens (including phenoxy) is 1. The van der Waals surface area contributed by atoms with Gasteiger partial charge in [-0.25, -0.2) is 4.39 Å². The number of anilines is 1. The monoisotopic (exact) mass is 209 g/mol. The summed E-state index contributed by atoms with van der Waals surface area (Å²) in [5.74, 6) is -0.191. The average molecular weight is 209 g/mol. The summed E-state index contributed by atoms with van der Waals surface area (Å²) >= 11 is 0. The summed E-state index contributed by atoms with van der Waals surface area (Å²) < 4.78 is 18.6. The summed E-state index contributed by atoms with van der Waals surface area (Å²) in [6, 6.07) is 5.30. The van der Waals surface area contributed by atoms with E-state index in [2.05, 4.69) is 5.32 Å². The van der Waals surface area contributed by atoms with Crippen molar-refractivity contribution in [3.05, 3.63) is 29.6 Å². The molecule has 1 aliphatic rings. The number of hydrogen-bond donors (Lipinski definition) is 1. The Balaban J connectivity index is 2.10.